The van der Waals surface area contributed by atoms with E-state index in [2.05, 4.69) is 12.2 Å². The number of hydrogen-bond donors (Lipinski definition) is 1. The van der Waals surface area contributed by atoms with Crippen molar-refractivity contribution in [2.75, 3.05) is 26.1 Å². The molecule has 0 aliphatic rings. The molecule has 1 N–H and O–H groups in total. The average Bonchev–Trinajstić information content (AvgIpc) is 2.46. The van der Waals surface area contributed by atoms with Crippen LogP contribution in [-0.4, -0.2) is 20.8 Å². The van der Waals surface area contributed by atoms with Crippen LogP contribution in [-0.2, 0) is 0 Å². The van der Waals surface area contributed by atoms with Gasteiger partial charge in [-0.25, -0.2) is 0 Å². The van der Waals surface area contributed by atoms with E-state index in [9.17, 15) is 0 Å². The summed E-state index contributed by atoms with van der Waals surface area (Å²) in [5.74, 6) is 1.54. The van der Waals surface area contributed by atoms with Gasteiger partial charge in [-0.3, -0.25) is 0 Å². The van der Waals surface area contributed by atoms with Crippen LogP contribution < -0.4 is 14.8 Å². The van der Waals surface area contributed by atoms with Crippen molar-refractivity contribution in [2.45, 2.75) is 45.4 Å². The highest BCUT2D eigenvalue weighted by Gasteiger charge is 2.03. The predicted molar refractivity (Wildman–Crippen MR) is 81.4 cm³/mol. The number of rotatable bonds is 10. The van der Waals surface area contributed by atoms with E-state index in [4.69, 9.17) is 9.47 Å². The van der Waals surface area contributed by atoms with Gasteiger partial charge in [0.2, 0.25) is 0 Å². The number of methoxy groups -OCH3 is 2. The zero-order valence-electron chi connectivity index (χ0n) is 12.5. The first-order chi connectivity index (χ1) is 9.31. The van der Waals surface area contributed by atoms with Crippen molar-refractivity contribution < 1.29 is 9.47 Å². The summed E-state index contributed by atoms with van der Waals surface area (Å²) < 4.78 is 10.5. The fraction of sp³-hybridized carbons (Fsp3) is 0.625. The van der Waals surface area contributed by atoms with Crippen LogP contribution in [0.25, 0.3) is 0 Å². The van der Waals surface area contributed by atoms with Crippen LogP contribution in [0.4, 0.5) is 5.69 Å². The van der Waals surface area contributed by atoms with E-state index in [0.717, 1.165) is 23.7 Å². The molecule has 1 aromatic carbocycles. The molecule has 108 valence electrons. The number of unbranched alkanes of at least 4 members (excludes halogenated alkanes) is 5. The molecule has 3 heteroatoms. The lowest BCUT2D eigenvalue weighted by Crippen LogP contribution is -2.02. The monoisotopic (exact) mass is 265 g/mol. The molecule has 0 aromatic heterocycles. The van der Waals surface area contributed by atoms with Crippen LogP contribution >= 0.6 is 0 Å². The molecule has 0 saturated carbocycles. The van der Waals surface area contributed by atoms with Crippen molar-refractivity contribution in [3.63, 3.8) is 0 Å². The number of hydrogen-bond acceptors (Lipinski definition) is 3. The van der Waals surface area contributed by atoms with Crippen LogP contribution in [0.2, 0.25) is 0 Å². The Morgan fingerprint density at radius 1 is 0.895 bits per heavy atom. The molecule has 1 aromatic rings. The molecule has 0 atom stereocenters. The molecule has 19 heavy (non-hydrogen) atoms. The average molecular weight is 265 g/mol. The second-order valence-corrected chi connectivity index (χ2v) is 4.76. The molecular weight excluding hydrogens is 238 g/mol. The van der Waals surface area contributed by atoms with E-state index < -0.39 is 0 Å². The van der Waals surface area contributed by atoms with Gasteiger partial charge in [-0.05, 0) is 18.6 Å². The first-order valence-electron chi connectivity index (χ1n) is 7.27. The number of anilines is 1. The molecule has 1 rings (SSSR count). The van der Waals surface area contributed by atoms with Gasteiger partial charge in [0.25, 0.3) is 0 Å². The van der Waals surface area contributed by atoms with Gasteiger partial charge in [-0.2, -0.15) is 0 Å². The van der Waals surface area contributed by atoms with Gasteiger partial charge in [0.05, 0.1) is 14.2 Å². The summed E-state index contributed by atoms with van der Waals surface area (Å²) in [4.78, 5) is 0. The van der Waals surface area contributed by atoms with E-state index in [1.807, 2.05) is 18.2 Å². The van der Waals surface area contributed by atoms with Crippen LogP contribution in [0.3, 0.4) is 0 Å². The Morgan fingerprint density at radius 2 is 1.58 bits per heavy atom. The highest BCUT2D eigenvalue weighted by molar-refractivity contribution is 5.54. The molecule has 0 spiro atoms. The van der Waals surface area contributed by atoms with E-state index in [-0.39, 0.29) is 0 Å². The predicted octanol–water partition coefficient (Wildman–Crippen LogP) is 4.48. The minimum atomic E-state index is 0.771. The zero-order valence-corrected chi connectivity index (χ0v) is 12.5. The molecular formula is C16H27NO2. The van der Waals surface area contributed by atoms with Gasteiger partial charge in [0.1, 0.15) is 0 Å². The first-order valence-corrected chi connectivity index (χ1v) is 7.27. The van der Waals surface area contributed by atoms with E-state index in [1.54, 1.807) is 14.2 Å². The standard InChI is InChI=1S/C16H27NO2/c1-4-5-6-7-8-9-12-17-14-10-11-15(18-2)16(13-14)19-3/h10-11,13,17H,4-9,12H2,1-3H3. The van der Waals surface area contributed by atoms with Crippen LogP contribution in [0, 0.1) is 0 Å². The van der Waals surface area contributed by atoms with Gasteiger partial charge in [0.15, 0.2) is 11.5 Å². The van der Waals surface area contributed by atoms with Crippen molar-refractivity contribution in [3.8, 4) is 11.5 Å². The van der Waals surface area contributed by atoms with E-state index in [1.165, 1.54) is 38.5 Å². The quantitative estimate of drug-likeness (QED) is 0.633. The Hall–Kier alpha value is -1.38. The summed E-state index contributed by atoms with van der Waals surface area (Å²) in [6.45, 7) is 3.26. The molecule has 0 unspecified atom stereocenters. The van der Waals surface area contributed by atoms with Crippen molar-refractivity contribution in [1.82, 2.24) is 0 Å². The van der Waals surface area contributed by atoms with Gasteiger partial charge in [-0.15, -0.1) is 0 Å². The molecule has 0 fully saturated rings. The fourth-order valence-corrected chi connectivity index (χ4v) is 2.08. The van der Waals surface area contributed by atoms with Crippen molar-refractivity contribution in [3.05, 3.63) is 18.2 Å². The molecule has 0 heterocycles. The second kappa shape index (κ2) is 9.54. The third-order valence-electron chi connectivity index (χ3n) is 3.24. The highest BCUT2D eigenvalue weighted by Crippen LogP contribution is 2.29. The molecule has 0 aliphatic carbocycles. The number of benzene rings is 1. The summed E-state index contributed by atoms with van der Waals surface area (Å²) in [5, 5.41) is 3.43. The molecule has 0 radical (unpaired) electrons. The SMILES string of the molecule is CCCCCCCCNc1ccc(OC)c(OC)c1. The van der Waals surface area contributed by atoms with Crippen LogP contribution in [0.1, 0.15) is 45.4 Å². The maximum Gasteiger partial charge on any atom is 0.162 e. The summed E-state index contributed by atoms with van der Waals surface area (Å²) >= 11 is 0. The topological polar surface area (TPSA) is 30.5 Å². The lowest BCUT2D eigenvalue weighted by molar-refractivity contribution is 0.355. The van der Waals surface area contributed by atoms with Gasteiger partial charge < -0.3 is 14.8 Å². The Labute approximate surface area is 117 Å². The Balaban J connectivity index is 2.26. The van der Waals surface area contributed by atoms with Gasteiger partial charge in [0, 0.05) is 18.3 Å². The number of nitrogens with one attached hydrogen (secondary N) is 1. The first kappa shape index (κ1) is 15.7. The maximum atomic E-state index is 5.28. The third kappa shape index (κ3) is 5.86. The Morgan fingerprint density at radius 3 is 2.26 bits per heavy atom. The lowest BCUT2D eigenvalue weighted by atomic mass is 10.1. The lowest BCUT2D eigenvalue weighted by Gasteiger charge is -2.11. The molecule has 0 bridgehead atoms. The Kier molecular flexibility index (Phi) is 7.87. The normalized spacial score (nSPS) is 10.3. The summed E-state index contributed by atoms with van der Waals surface area (Å²) in [5.41, 5.74) is 1.09. The van der Waals surface area contributed by atoms with Crippen molar-refractivity contribution >= 4 is 5.69 Å². The third-order valence-corrected chi connectivity index (χ3v) is 3.24. The van der Waals surface area contributed by atoms with E-state index >= 15 is 0 Å². The van der Waals surface area contributed by atoms with Crippen LogP contribution in [0.15, 0.2) is 18.2 Å². The fourth-order valence-electron chi connectivity index (χ4n) is 2.08. The number of ether oxygens (including phenoxy) is 2. The molecule has 3 nitrogen and oxygen atoms in total. The second-order valence-electron chi connectivity index (χ2n) is 4.76. The van der Waals surface area contributed by atoms with Gasteiger partial charge in [-0.1, -0.05) is 39.0 Å². The largest absolute Gasteiger partial charge is 0.493 e. The zero-order chi connectivity index (χ0) is 13.9. The molecule has 0 saturated heterocycles. The Bertz CT molecular complexity index is 353. The van der Waals surface area contributed by atoms with Crippen molar-refractivity contribution in [2.24, 2.45) is 0 Å². The summed E-state index contributed by atoms with van der Waals surface area (Å²) in [6.07, 6.45) is 7.92. The minimum Gasteiger partial charge on any atom is -0.493 e. The summed E-state index contributed by atoms with van der Waals surface area (Å²) in [7, 11) is 3.32. The van der Waals surface area contributed by atoms with E-state index in [0.29, 0.717) is 0 Å². The molecule has 0 aliphatic heterocycles. The summed E-state index contributed by atoms with van der Waals surface area (Å²) in [6, 6.07) is 5.94. The highest BCUT2D eigenvalue weighted by atomic mass is 16.5. The van der Waals surface area contributed by atoms with Crippen LogP contribution in [0.5, 0.6) is 11.5 Å². The van der Waals surface area contributed by atoms with Gasteiger partial charge >= 0.3 is 0 Å². The smallest absolute Gasteiger partial charge is 0.162 e. The molecule has 0 amide bonds. The maximum absolute atomic E-state index is 5.28. The minimum absolute atomic E-state index is 0.771. The van der Waals surface area contributed by atoms with Crippen molar-refractivity contribution in [1.29, 1.82) is 0 Å².